The molecule has 0 atom stereocenters. The number of aryl methyl sites for hydroxylation is 1. The number of hydrogen-bond donors (Lipinski definition) is 2. The van der Waals surface area contributed by atoms with Gasteiger partial charge < -0.3 is 19.7 Å². The Labute approximate surface area is 188 Å². The van der Waals surface area contributed by atoms with Crippen LogP contribution in [0, 0.1) is 6.92 Å². The van der Waals surface area contributed by atoms with E-state index in [2.05, 4.69) is 15.3 Å². The van der Waals surface area contributed by atoms with Gasteiger partial charge in [0.2, 0.25) is 10.0 Å². The molecular formula is C19H23N3O8S2. The Morgan fingerprint density at radius 3 is 2.25 bits per heavy atom. The minimum atomic E-state index is -3.53. The van der Waals surface area contributed by atoms with Crippen molar-refractivity contribution in [3.8, 4) is 11.5 Å². The molecule has 13 heteroatoms. The molecule has 0 radical (unpaired) electrons. The first-order chi connectivity index (χ1) is 15.2. The van der Waals surface area contributed by atoms with Gasteiger partial charge in [-0.2, -0.15) is 4.31 Å². The van der Waals surface area contributed by atoms with E-state index in [-0.39, 0.29) is 4.90 Å². The molecule has 2 N–H and O–H groups in total. The van der Waals surface area contributed by atoms with Crippen LogP contribution in [0.5, 0.6) is 11.5 Å². The van der Waals surface area contributed by atoms with Crippen LogP contribution < -0.4 is 9.47 Å². The van der Waals surface area contributed by atoms with Crippen LogP contribution in [0.3, 0.4) is 0 Å². The molecule has 2 aliphatic rings. The number of ether oxygens (including phenoxy) is 2. The van der Waals surface area contributed by atoms with Crippen molar-refractivity contribution in [2.75, 3.05) is 39.4 Å². The van der Waals surface area contributed by atoms with E-state index < -0.39 is 22.0 Å². The summed E-state index contributed by atoms with van der Waals surface area (Å²) in [7, 11) is -3.53. The van der Waals surface area contributed by atoms with Crippen molar-refractivity contribution in [1.29, 1.82) is 0 Å². The fraction of sp³-hybridized carbons (Fsp3) is 0.421. The molecule has 4 rings (SSSR count). The number of rotatable bonds is 4. The maximum Gasteiger partial charge on any atom is 0.414 e. The third-order valence-corrected chi connectivity index (χ3v) is 7.43. The first kappa shape index (κ1) is 23.9. The van der Waals surface area contributed by atoms with Crippen LogP contribution in [0.4, 0.5) is 0 Å². The molecule has 0 unspecified atom stereocenters. The van der Waals surface area contributed by atoms with Gasteiger partial charge in [0.15, 0.2) is 11.5 Å². The average Bonchev–Trinajstić information content (AvgIpc) is 3.18. The van der Waals surface area contributed by atoms with E-state index >= 15 is 0 Å². The lowest BCUT2D eigenvalue weighted by molar-refractivity contribution is -0.159. The molecule has 2 aromatic rings. The molecule has 0 bridgehead atoms. The van der Waals surface area contributed by atoms with Crippen LogP contribution in [0.15, 0.2) is 28.5 Å². The number of fused-ring (bicyclic) bond motifs is 1. The number of carboxylic acids is 2. The summed E-state index contributed by atoms with van der Waals surface area (Å²) in [5, 5.41) is 17.9. The second-order valence-electron chi connectivity index (χ2n) is 6.95. The lowest BCUT2D eigenvalue weighted by atomic mass is 10.3. The third-order valence-electron chi connectivity index (χ3n) is 4.72. The van der Waals surface area contributed by atoms with E-state index in [9.17, 15) is 8.42 Å². The highest BCUT2D eigenvalue weighted by molar-refractivity contribution is 7.89. The van der Waals surface area contributed by atoms with Gasteiger partial charge in [0.05, 0.1) is 15.6 Å². The number of piperazine rings is 1. The smallest absolute Gasteiger partial charge is 0.414 e. The fourth-order valence-electron chi connectivity index (χ4n) is 3.17. The summed E-state index contributed by atoms with van der Waals surface area (Å²) in [5.74, 6) is -2.56. The molecule has 0 aliphatic carbocycles. The molecule has 11 nitrogen and oxygen atoms in total. The van der Waals surface area contributed by atoms with Crippen LogP contribution in [0.2, 0.25) is 0 Å². The van der Waals surface area contributed by atoms with Crippen molar-refractivity contribution in [2.24, 2.45) is 0 Å². The Hall–Kier alpha value is -2.74. The molecule has 32 heavy (non-hydrogen) atoms. The Bertz CT molecular complexity index is 1070. The zero-order chi connectivity index (χ0) is 23.3. The molecule has 1 aromatic carbocycles. The number of aromatic nitrogens is 1. The molecule has 0 saturated carbocycles. The number of carbonyl (C=O) groups is 2. The maximum absolute atomic E-state index is 12.9. The summed E-state index contributed by atoms with van der Waals surface area (Å²) in [5.41, 5.74) is 1.05. The number of carboxylic acid groups (broad SMARTS) is 2. The first-order valence-electron chi connectivity index (χ1n) is 9.66. The van der Waals surface area contributed by atoms with Gasteiger partial charge in [-0.1, -0.05) is 0 Å². The van der Waals surface area contributed by atoms with E-state index in [1.54, 1.807) is 33.8 Å². The summed E-state index contributed by atoms with van der Waals surface area (Å²) in [6.07, 6.45) is 0. The van der Waals surface area contributed by atoms with Gasteiger partial charge in [-0.25, -0.2) is 23.0 Å². The molecular weight excluding hydrogens is 462 g/mol. The molecule has 1 saturated heterocycles. The van der Waals surface area contributed by atoms with E-state index in [0.717, 1.165) is 17.2 Å². The van der Waals surface area contributed by atoms with Crippen LogP contribution in [-0.2, 0) is 26.2 Å². The summed E-state index contributed by atoms with van der Waals surface area (Å²) >= 11 is 1.64. The molecule has 2 aliphatic heterocycles. The van der Waals surface area contributed by atoms with Crippen molar-refractivity contribution in [3.05, 3.63) is 34.3 Å². The van der Waals surface area contributed by atoms with Crippen LogP contribution >= 0.6 is 11.3 Å². The van der Waals surface area contributed by atoms with E-state index in [4.69, 9.17) is 29.3 Å². The minimum Gasteiger partial charge on any atom is -0.486 e. The quantitative estimate of drug-likeness (QED) is 0.598. The highest BCUT2D eigenvalue weighted by Crippen LogP contribution is 2.33. The van der Waals surface area contributed by atoms with Crippen LogP contribution in [0.1, 0.15) is 10.7 Å². The van der Waals surface area contributed by atoms with Crippen LogP contribution in [0.25, 0.3) is 0 Å². The molecule has 1 fully saturated rings. The molecule has 1 aromatic heterocycles. The number of hydrogen-bond acceptors (Lipinski definition) is 9. The number of nitrogens with zero attached hydrogens (tertiary/aromatic N) is 3. The van der Waals surface area contributed by atoms with E-state index in [1.165, 1.54) is 0 Å². The predicted molar refractivity (Wildman–Crippen MR) is 114 cm³/mol. The van der Waals surface area contributed by atoms with Crippen molar-refractivity contribution >= 4 is 33.3 Å². The van der Waals surface area contributed by atoms with Crippen molar-refractivity contribution in [1.82, 2.24) is 14.2 Å². The minimum absolute atomic E-state index is 0.255. The summed E-state index contributed by atoms with van der Waals surface area (Å²) < 4.78 is 38.4. The number of benzene rings is 1. The standard InChI is InChI=1S/C17H21N3O4S2.C2H2O4/c1-13-18-14(12-25-13)11-19-4-6-20(7-5-19)26(21,22)15-2-3-16-17(10-15)24-9-8-23-16;3-1(4)2(5)6/h2-3,10,12H,4-9,11H2,1H3;(H,3,4)(H,5,6). The summed E-state index contributed by atoms with van der Waals surface area (Å²) in [6, 6.07) is 4.82. The van der Waals surface area contributed by atoms with Crippen molar-refractivity contribution in [3.63, 3.8) is 0 Å². The summed E-state index contributed by atoms with van der Waals surface area (Å²) in [6.45, 7) is 6.01. The van der Waals surface area contributed by atoms with Crippen molar-refractivity contribution in [2.45, 2.75) is 18.4 Å². The Morgan fingerprint density at radius 2 is 1.69 bits per heavy atom. The predicted octanol–water partition coefficient (Wildman–Crippen LogP) is 0.885. The topological polar surface area (TPSA) is 147 Å². The zero-order valence-corrected chi connectivity index (χ0v) is 18.9. The molecule has 174 valence electrons. The van der Waals surface area contributed by atoms with Gasteiger partial charge >= 0.3 is 11.9 Å². The van der Waals surface area contributed by atoms with Gasteiger partial charge in [-0.15, -0.1) is 11.3 Å². The zero-order valence-electron chi connectivity index (χ0n) is 17.3. The second-order valence-corrected chi connectivity index (χ2v) is 9.95. The molecule has 3 heterocycles. The molecule has 0 amide bonds. The third kappa shape index (κ3) is 5.94. The monoisotopic (exact) mass is 485 g/mol. The van der Waals surface area contributed by atoms with Crippen molar-refractivity contribution < 1.29 is 37.7 Å². The maximum atomic E-state index is 12.9. The van der Waals surface area contributed by atoms with E-state index in [0.29, 0.717) is 50.9 Å². The number of sulfonamides is 1. The summed E-state index contributed by atoms with van der Waals surface area (Å²) in [4.78, 5) is 25.2. The lowest BCUT2D eigenvalue weighted by Gasteiger charge is -2.33. The highest BCUT2D eigenvalue weighted by Gasteiger charge is 2.30. The van der Waals surface area contributed by atoms with Gasteiger partial charge in [-0.3, -0.25) is 4.90 Å². The van der Waals surface area contributed by atoms with Crippen LogP contribution in [-0.4, -0.2) is 84.2 Å². The highest BCUT2D eigenvalue weighted by atomic mass is 32.2. The molecule has 0 spiro atoms. The SMILES string of the molecule is Cc1nc(CN2CCN(S(=O)(=O)c3ccc4c(c3)OCCO4)CC2)cs1.O=C(O)C(=O)O. The second kappa shape index (κ2) is 10.3. The number of thiazole rings is 1. The first-order valence-corrected chi connectivity index (χ1v) is 12.0. The lowest BCUT2D eigenvalue weighted by Crippen LogP contribution is -2.48. The Kier molecular flexibility index (Phi) is 7.66. The van der Waals surface area contributed by atoms with E-state index in [1.807, 2.05) is 6.92 Å². The fourth-order valence-corrected chi connectivity index (χ4v) is 5.21. The van der Waals surface area contributed by atoms with Gasteiger partial charge in [-0.05, 0) is 19.1 Å². The Balaban J connectivity index is 0.000000427. The average molecular weight is 486 g/mol. The van der Waals surface area contributed by atoms with Gasteiger partial charge in [0, 0.05) is 44.2 Å². The normalized spacial score (nSPS) is 16.7. The largest absolute Gasteiger partial charge is 0.486 e. The number of aliphatic carboxylic acids is 2. The van der Waals surface area contributed by atoms with Gasteiger partial charge in [0.1, 0.15) is 13.2 Å². The van der Waals surface area contributed by atoms with Gasteiger partial charge in [0.25, 0.3) is 0 Å². The Morgan fingerprint density at radius 1 is 1.06 bits per heavy atom.